The van der Waals surface area contributed by atoms with Gasteiger partial charge >= 0.3 is 0 Å². The van der Waals surface area contributed by atoms with Crippen molar-refractivity contribution >= 4 is 28.9 Å². The highest BCUT2D eigenvalue weighted by molar-refractivity contribution is 6.36. The summed E-state index contributed by atoms with van der Waals surface area (Å²) in [7, 11) is 0. The van der Waals surface area contributed by atoms with Gasteiger partial charge in [-0.1, -0.05) is 30.1 Å². The van der Waals surface area contributed by atoms with E-state index in [2.05, 4.69) is 11.4 Å². The van der Waals surface area contributed by atoms with Gasteiger partial charge in [-0.05, 0) is 24.6 Å². The van der Waals surface area contributed by atoms with Crippen molar-refractivity contribution in [1.82, 2.24) is 0 Å². The fourth-order valence-corrected chi connectivity index (χ4v) is 1.62. The average molecular weight is 243 g/mol. The summed E-state index contributed by atoms with van der Waals surface area (Å²) in [4.78, 5) is 0. The van der Waals surface area contributed by atoms with E-state index in [1.807, 2.05) is 13.0 Å². The minimum absolute atomic E-state index is 0.0109. The Morgan fingerprint density at radius 1 is 1.47 bits per heavy atom. The number of hydrogen-bond donors (Lipinski definition) is 1. The van der Waals surface area contributed by atoms with Crippen molar-refractivity contribution < 1.29 is 0 Å². The van der Waals surface area contributed by atoms with Crippen LogP contribution in [0.4, 0.5) is 5.69 Å². The van der Waals surface area contributed by atoms with Gasteiger partial charge in [-0.15, -0.1) is 0 Å². The van der Waals surface area contributed by atoms with Crippen molar-refractivity contribution in [3.05, 3.63) is 28.2 Å². The first-order chi connectivity index (χ1) is 7.17. The second-order valence-corrected chi connectivity index (χ2v) is 4.08. The van der Waals surface area contributed by atoms with Crippen molar-refractivity contribution in [2.24, 2.45) is 5.92 Å². The Morgan fingerprint density at radius 3 is 2.73 bits per heavy atom. The first-order valence-corrected chi connectivity index (χ1v) is 5.51. The van der Waals surface area contributed by atoms with Crippen LogP contribution in [0.5, 0.6) is 0 Å². The highest BCUT2D eigenvalue weighted by atomic mass is 35.5. The lowest BCUT2D eigenvalue weighted by atomic mass is 10.1. The SMILES string of the molecule is CCC(C#N)CNc1ccc(Cl)cc1Cl. The number of nitriles is 1. The van der Waals surface area contributed by atoms with Crippen molar-refractivity contribution in [3.63, 3.8) is 0 Å². The zero-order valence-electron chi connectivity index (χ0n) is 8.43. The van der Waals surface area contributed by atoms with Gasteiger partial charge in [0.1, 0.15) is 0 Å². The highest BCUT2D eigenvalue weighted by Gasteiger charge is 2.05. The van der Waals surface area contributed by atoms with E-state index in [9.17, 15) is 0 Å². The van der Waals surface area contributed by atoms with Crippen LogP contribution in [0.2, 0.25) is 10.0 Å². The molecule has 0 heterocycles. The summed E-state index contributed by atoms with van der Waals surface area (Å²) in [6.45, 7) is 2.59. The van der Waals surface area contributed by atoms with E-state index >= 15 is 0 Å². The van der Waals surface area contributed by atoms with Crippen molar-refractivity contribution in [1.29, 1.82) is 5.26 Å². The van der Waals surface area contributed by atoms with E-state index in [0.717, 1.165) is 12.1 Å². The first kappa shape index (κ1) is 12.2. The van der Waals surface area contributed by atoms with Crippen LogP contribution in [0, 0.1) is 17.2 Å². The molecular formula is C11H12Cl2N2. The molecule has 0 amide bonds. The van der Waals surface area contributed by atoms with Crippen LogP contribution >= 0.6 is 23.2 Å². The van der Waals surface area contributed by atoms with Gasteiger partial charge in [-0.2, -0.15) is 5.26 Å². The van der Waals surface area contributed by atoms with Crippen LogP contribution in [0.25, 0.3) is 0 Å². The Balaban J connectivity index is 2.62. The molecule has 0 bridgehead atoms. The number of hydrogen-bond acceptors (Lipinski definition) is 2. The molecule has 0 aliphatic carbocycles. The molecule has 0 aliphatic heterocycles. The maximum Gasteiger partial charge on any atom is 0.0674 e. The molecule has 0 fully saturated rings. The Kier molecular flexibility index (Phi) is 4.74. The summed E-state index contributed by atoms with van der Waals surface area (Å²) in [5.74, 6) is 0.0109. The van der Waals surface area contributed by atoms with Gasteiger partial charge in [0.05, 0.1) is 22.7 Å². The van der Waals surface area contributed by atoms with E-state index in [-0.39, 0.29) is 5.92 Å². The van der Waals surface area contributed by atoms with Gasteiger partial charge in [-0.25, -0.2) is 0 Å². The molecule has 1 N–H and O–H groups in total. The quantitative estimate of drug-likeness (QED) is 0.868. The Bertz CT molecular complexity index is 371. The monoisotopic (exact) mass is 242 g/mol. The molecule has 80 valence electrons. The molecule has 0 saturated heterocycles. The third-order valence-electron chi connectivity index (χ3n) is 2.15. The molecule has 0 aliphatic rings. The van der Waals surface area contributed by atoms with Gasteiger partial charge in [0.2, 0.25) is 0 Å². The molecule has 2 nitrogen and oxygen atoms in total. The molecule has 1 aromatic rings. The molecule has 1 atom stereocenters. The minimum atomic E-state index is 0.0109. The number of nitrogens with one attached hydrogen (secondary N) is 1. The van der Waals surface area contributed by atoms with E-state index in [1.165, 1.54) is 0 Å². The molecule has 15 heavy (non-hydrogen) atoms. The van der Waals surface area contributed by atoms with E-state index in [0.29, 0.717) is 16.6 Å². The maximum absolute atomic E-state index is 8.77. The van der Waals surface area contributed by atoms with Crippen molar-refractivity contribution in [2.45, 2.75) is 13.3 Å². The van der Waals surface area contributed by atoms with Gasteiger partial charge in [0.25, 0.3) is 0 Å². The Morgan fingerprint density at radius 2 is 2.20 bits per heavy atom. The zero-order valence-corrected chi connectivity index (χ0v) is 9.94. The number of nitrogens with zero attached hydrogens (tertiary/aromatic N) is 1. The van der Waals surface area contributed by atoms with E-state index in [4.69, 9.17) is 28.5 Å². The summed E-state index contributed by atoms with van der Waals surface area (Å²) in [6, 6.07) is 7.48. The van der Waals surface area contributed by atoms with Gasteiger partial charge in [0, 0.05) is 11.6 Å². The van der Waals surface area contributed by atoms with Crippen LogP contribution in [0.3, 0.4) is 0 Å². The van der Waals surface area contributed by atoms with Crippen LogP contribution in [-0.4, -0.2) is 6.54 Å². The molecular weight excluding hydrogens is 231 g/mol. The summed E-state index contributed by atoms with van der Waals surface area (Å²) in [5.41, 5.74) is 0.815. The molecule has 4 heteroatoms. The van der Waals surface area contributed by atoms with Crippen LogP contribution in [0.1, 0.15) is 13.3 Å². The van der Waals surface area contributed by atoms with Crippen LogP contribution in [0.15, 0.2) is 18.2 Å². The molecule has 0 spiro atoms. The maximum atomic E-state index is 8.77. The molecule has 1 aromatic carbocycles. The Labute approximate surface area is 99.8 Å². The predicted molar refractivity (Wildman–Crippen MR) is 64.3 cm³/mol. The van der Waals surface area contributed by atoms with Gasteiger partial charge in [-0.3, -0.25) is 0 Å². The number of rotatable bonds is 4. The zero-order chi connectivity index (χ0) is 11.3. The van der Waals surface area contributed by atoms with E-state index in [1.54, 1.807) is 12.1 Å². The molecule has 0 radical (unpaired) electrons. The summed E-state index contributed by atoms with van der Waals surface area (Å²) < 4.78 is 0. The lowest BCUT2D eigenvalue weighted by Crippen LogP contribution is -2.11. The third kappa shape index (κ3) is 3.62. The number of anilines is 1. The summed E-state index contributed by atoms with van der Waals surface area (Å²) in [5, 5.41) is 13.1. The molecule has 0 aromatic heterocycles. The highest BCUT2D eigenvalue weighted by Crippen LogP contribution is 2.25. The second kappa shape index (κ2) is 5.85. The topological polar surface area (TPSA) is 35.8 Å². The number of halogens is 2. The van der Waals surface area contributed by atoms with Crippen LogP contribution in [-0.2, 0) is 0 Å². The fraction of sp³-hybridized carbons (Fsp3) is 0.364. The fourth-order valence-electron chi connectivity index (χ4n) is 1.15. The third-order valence-corrected chi connectivity index (χ3v) is 2.69. The van der Waals surface area contributed by atoms with E-state index < -0.39 is 0 Å². The number of benzene rings is 1. The molecule has 1 unspecified atom stereocenters. The lowest BCUT2D eigenvalue weighted by Gasteiger charge is -2.10. The largest absolute Gasteiger partial charge is 0.383 e. The first-order valence-electron chi connectivity index (χ1n) is 4.76. The standard InChI is InChI=1S/C11H12Cl2N2/c1-2-8(6-14)7-15-11-4-3-9(12)5-10(11)13/h3-5,8,15H,2,7H2,1H3. The van der Waals surface area contributed by atoms with Crippen molar-refractivity contribution in [3.8, 4) is 6.07 Å². The molecule has 1 rings (SSSR count). The lowest BCUT2D eigenvalue weighted by molar-refractivity contribution is 0.674. The molecule has 0 saturated carbocycles. The normalized spacial score (nSPS) is 11.9. The van der Waals surface area contributed by atoms with Crippen molar-refractivity contribution in [2.75, 3.05) is 11.9 Å². The predicted octanol–water partition coefficient (Wildman–Crippen LogP) is 3.96. The smallest absolute Gasteiger partial charge is 0.0674 e. The Hall–Kier alpha value is -0.910. The van der Waals surface area contributed by atoms with Gasteiger partial charge in [0.15, 0.2) is 0 Å². The summed E-state index contributed by atoms with van der Waals surface area (Å²) in [6.07, 6.45) is 0.828. The van der Waals surface area contributed by atoms with Crippen LogP contribution < -0.4 is 5.32 Å². The van der Waals surface area contributed by atoms with Gasteiger partial charge < -0.3 is 5.32 Å². The average Bonchev–Trinajstić information content (AvgIpc) is 2.22. The second-order valence-electron chi connectivity index (χ2n) is 3.24. The minimum Gasteiger partial charge on any atom is -0.383 e. The summed E-state index contributed by atoms with van der Waals surface area (Å²) >= 11 is 11.7.